The maximum absolute atomic E-state index is 11.4. The standard InChI is InChI=1S/C8H10N2O3/c1-10-7(11)5-2-4(8(12)13)3-6(5)9-10/h4,9H,2-3H2,1H3,(H,12,13). The van der Waals surface area contributed by atoms with Crippen LogP contribution in [0.3, 0.4) is 0 Å². The second kappa shape index (κ2) is 2.48. The van der Waals surface area contributed by atoms with Crippen LogP contribution in [0.4, 0.5) is 0 Å². The van der Waals surface area contributed by atoms with Crippen molar-refractivity contribution in [2.45, 2.75) is 12.8 Å². The summed E-state index contributed by atoms with van der Waals surface area (Å²) in [7, 11) is 1.64. The molecule has 1 aromatic heterocycles. The Balaban J connectivity index is 2.38. The van der Waals surface area contributed by atoms with E-state index >= 15 is 0 Å². The number of carbonyl (C=O) groups is 1. The molecule has 0 saturated heterocycles. The first-order valence-electron chi connectivity index (χ1n) is 4.09. The van der Waals surface area contributed by atoms with Crippen molar-refractivity contribution >= 4 is 5.97 Å². The molecule has 5 nitrogen and oxygen atoms in total. The molecule has 0 spiro atoms. The van der Waals surface area contributed by atoms with Crippen molar-refractivity contribution in [2.75, 3.05) is 0 Å². The topological polar surface area (TPSA) is 75.1 Å². The molecule has 1 heterocycles. The molecule has 0 aromatic carbocycles. The van der Waals surface area contributed by atoms with Crippen LogP contribution in [0, 0.1) is 5.92 Å². The predicted octanol–water partition coefficient (Wildman–Crippen LogP) is -0.487. The summed E-state index contributed by atoms with van der Waals surface area (Å²) in [6, 6.07) is 0. The summed E-state index contributed by atoms with van der Waals surface area (Å²) in [5, 5.41) is 11.6. The van der Waals surface area contributed by atoms with Crippen molar-refractivity contribution in [1.82, 2.24) is 9.78 Å². The Labute approximate surface area is 74.0 Å². The lowest BCUT2D eigenvalue weighted by atomic mass is 10.1. The van der Waals surface area contributed by atoms with Crippen LogP contribution in [-0.2, 0) is 24.7 Å². The number of nitrogens with zero attached hydrogens (tertiary/aromatic N) is 1. The molecule has 0 fully saturated rings. The van der Waals surface area contributed by atoms with Gasteiger partial charge in [0.15, 0.2) is 0 Å². The quantitative estimate of drug-likeness (QED) is 0.615. The molecular weight excluding hydrogens is 172 g/mol. The number of carboxylic acids is 1. The third kappa shape index (κ3) is 1.07. The summed E-state index contributed by atoms with van der Waals surface area (Å²) >= 11 is 0. The molecule has 0 aliphatic heterocycles. The first kappa shape index (κ1) is 8.10. The smallest absolute Gasteiger partial charge is 0.307 e. The van der Waals surface area contributed by atoms with Crippen LogP contribution in [-0.4, -0.2) is 20.9 Å². The van der Waals surface area contributed by atoms with Gasteiger partial charge in [0.25, 0.3) is 5.56 Å². The number of aromatic amines is 1. The average Bonchev–Trinajstić information content (AvgIpc) is 2.55. The first-order chi connectivity index (χ1) is 6.09. The minimum absolute atomic E-state index is 0.0984. The van der Waals surface area contributed by atoms with Gasteiger partial charge < -0.3 is 5.11 Å². The number of fused-ring (bicyclic) bond motifs is 1. The highest BCUT2D eigenvalue weighted by Gasteiger charge is 2.31. The third-order valence-electron chi connectivity index (χ3n) is 2.48. The summed E-state index contributed by atoms with van der Waals surface area (Å²) < 4.78 is 1.39. The van der Waals surface area contributed by atoms with Crippen LogP contribution in [0.5, 0.6) is 0 Å². The van der Waals surface area contributed by atoms with E-state index in [1.54, 1.807) is 7.05 Å². The van der Waals surface area contributed by atoms with Gasteiger partial charge in [0.2, 0.25) is 0 Å². The zero-order chi connectivity index (χ0) is 9.59. The third-order valence-corrected chi connectivity index (χ3v) is 2.48. The Morgan fingerprint density at radius 2 is 2.31 bits per heavy atom. The molecule has 5 heteroatoms. The molecule has 1 unspecified atom stereocenters. The molecule has 1 aliphatic carbocycles. The Hall–Kier alpha value is -1.52. The van der Waals surface area contributed by atoms with Gasteiger partial charge in [0, 0.05) is 24.7 Å². The Bertz CT molecular complexity index is 416. The first-order valence-corrected chi connectivity index (χ1v) is 4.09. The van der Waals surface area contributed by atoms with Gasteiger partial charge in [-0.25, -0.2) is 0 Å². The fourth-order valence-electron chi connectivity index (χ4n) is 1.77. The molecule has 70 valence electrons. The highest BCUT2D eigenvalue weighted by atomic mass is 16.4. The number of H-pyrrole nitrogens is 1. The zero-order valence-electron chi connectivity index (χ0n) is 7.20. The lowest BCUT2D eigenvalue weighted by Gasteiger charge is -2.00. The van der Waals surface area contributed by atoms with Crippen LogP contribution in [0.2, 0.25) is 0 Å². The van der Waals surface area contributed by atoms with Gasteiger partial charge in [-0.1, -0.05) is 0 Å². The van der Waals surface area contributed by atoms with Gasteiger partial charge in [0.1, 0.15) is 0 Å². The number of hydrogen-bond acceptors (Lipinski definition) is 2. The van der Waals surface area contributed by atoms with Crippen molar-refractivity contribution in [2.24, 2.45) is 13.0 Å². The molecule has 2 rings (SSSR count). The van der Waals surface area contributed by atoms with E-state index < -0.39 is 11.9 Å². The van der Waals surface area contributed by atoms with Crippen LogP contribution >= 0.6 is 0 Å². The monoisotopic (exact) mass is 182 g/mol. The fraction of sp³-hybridized carbons (Fsp3) is 0.500. The van der Waals surface area contributed by atoms with Crippen LogP contribution in [0.25, 0.3) is 0 Å². The SMILES string of the molecule is Cn1[nH]c2c(c1=O)CC(C(=O)O)C2. The molecule has 13 heavy (non-hydrogen) atoms. The van der Waals surface area contributed by atoms with Crippen molar-refractivity contribution in [1.29, 1.82) is 0 Å². The summed E-state index contributed by atoms with van der Waals surface area (Å²) in [6.45, 7) is 0. The lowest BCUT2D eigenvalue weighted by molar-refractivity contribution is -0.141. The highest BCUT2D eigenvalue weighted by molar-refractivity contribution is 5.71. The van der Waals surface area contributed by atoms with E-state index in [1.807, 2.05) is 0 Å². The zero-order valence-corrected chi connectivity index (χ0v) is 7.20. The van der Waals surface area contributed by atoms with Crippen molar-refractivity contribution in [3.63, 3.8) is 0 Å². The lowest BCUT2D eigenvalue weighted by Crippen LogP contribution is -2.20. The number of aliphatic carboxylic acids is 1. The van der Waals surface area contributed by atoms with E-state index in [1.165, 1.54) is 4.68 Å². The number of nitrogens with one attached hydrogen (secondary N) is 1. The summed E-state index contributed by atoms with van der Waals surface area (Å²) in [6.07, 6.45) is 0.807. The van der Waals surface area contributed by atoms with Crippen molar-refractivity contribution in [3.05, 3.63) is 21.6 Å². The van der Waals surface area contributed by atoms with Crippen molar-refractivity contribution in [3.8, 4) is 0 Å². The molecule has 0 radical (unpaired) electrons. The van der Waals surface area contributed by atoms with Gasteiger partial charge >= 0.3 is 5.97 Å². The second-order valence-electron chi connectivity index (χ2n) is 3.38. The van der Waals surface area contributed by atoms with Gasteiger partial charge in [-0.05, 0) is 6.42 Å². The number of carboxylic acid groups (broad SMARTS) is 1. The number of aromatic nitrogens is 2. The van der Waals surface area contributed by atoms with Gasteiger partial charge in [-0.15, -0.1) is 0 Å². The summed E-state index contributed by atoms with van der Waals surface area (Å²) in [4.78, 5) is 22.0. The molecule has 1 aliphatic rings. The predicted molar refractivity (Wildman–Crippen MR) is 44.6 cm³/mol. The molecule has 1 aromatic rings. The van der Waals surface area contributed by atoms with E-state index in [0.717, 1.165) is 5.69 Å². The summed E-state index contributed by atoms with van der Waals surface area (Å²) in [5.41, 5.74) is 1.31. The summed E-state index contributed by atoms with van der Waals surface area (Å²) in [5.74, 6) is -1.25. The van der Waals surface area contributed by atoms with E-state index in [-0.39, 0.29) is 5.56 Å². The van der Waals surface area contributed by atoms with Gasteiger partial charge in [-0.3, -0.25) is 19.4 Å². The van der Waals surface area contributed by atoms with E-state index in [0.29, 0.717) is 18.4 Å². The molecule has 0 saturated carbocycles. The van der Waals surface area contributed by atoms with Crippen molar-refractivity contribution < 1.29 is 9.90 Å². The average molecular weight is 182 g/mol. The minimum Gasteiger partial charge on any atom is -0.481 e. The van der Waals surface area contributed by atoms with E-state index in [4.69, 9.17) is 5.11 Å². The minimum atomic E-state index is -0.827. The maximum atomic E-state index is 11.4. The van der Waals surface area contributed by atoms with Gasteiger partial charge in [-0.2, -0.15) is 0 Å². The van der Waals surface area contributed by atoms with Gasteiger partial charge in [0.05, 0.1) is 5.92 Å². The molecular formula is C8H10N2O3. The Morgan fingerprint density at radius 1 is 1.62 bits per heavy atom. The number of rotatable bonds is 1. The largest absolute Gasteiger partial charge is 0.481 e. The van der Waals surface area contributed by atoms with Crippen LogP contribution < -0.4 is 5.56 Å². The molecule has 2 N–H and O–H groups in total. The van der Waals surface area contributed by atoms with Crippen LogP contribution in [0.1, 0.15) is 11.3 Å². The van der Waals surface area contributed by atoms with E-state index in [9.17, 15) is 9.59 Å². The molecule has 0 amide bonds. The molecule has 1 atom stereocenters. The second-order valence-corrected chi connectivity index (χ2v) is 3.38. The normalized spacial score (nSPS) is 20.2. The highest BCUT2D eigenvalue weighted by Crippen LogP contribution is 2.22. The maximum Gasteiger partial charge on any atom is 0.307 e. The Morgan fingerprint density at radius 3 is 2.85 bits per heavy atom. The van der Waals surface area contributed by atoms with Crippen LogP contribution in [0.15, 0.2) is 4.79 Å². The molecule has 0 bridgehead atoms. The van der Waals surface area contributed by atoms with E-state index in [2.05, 4.69) is 5.10 Å². The Kier molecular flexibility index (Phi) is 1.55. The fourth-order valence-corrected chi connectivity index (χ4v) is 1.77. The number of aryl methyl sites for hydroxylation is 1. The number of hydrogen-bond donors (Lipinski definition) is 2.